The molecule has 35 heavy (non-hydrogen) atoms. The lowest BCUT2D eigenvalue weighted by Crippen LogP contribution is -2.32. The second kappa shape index (κ2) is 10.9. The molecule has 1 aliphatic heterocycles. The Labute approximate surface area is 217 Å². The molecule has 1 aliphatic rings. The average molecular weight is 512 g/mol. The van der Waals surface area contributed by atoms with E-state index in [4.69, 9.17) is 21.9 Å². The van der Waals surface area contributed by atoms with Crippen LogP contribution in [-0.2, 0) is 22.5 Å². The molecule has 2 N–H and O–H groups in total. The molecule has 2 heterocycles. The highest BCUT2D eigenvalue weighted by Gasteiger charge is 2.26. The number of ether oxygens (including phenoxy) is 1. The molecule has 0 saturated carbocycles. The molecule has 3 rings (SSSR count). The minimum absolute atomic E-state index is 0.214. The molecule has 2 amide bonds. The summed E-state index contributed by atoms with van der Waals surface area (Å²) in [4.78, 5) is 30.5. The third-order valence-electron chi connectivity index (χ3n) is 5.28. The van der Waals surface area contributed by atoms with E-state index in [2.05, 4.69) is 48.7 Å². The third-order valence-corrected chi connectivity index (χ3v) is 6.44. The van der Waals surface area contributed by atoms with E-state index in [-0.39, 0.29) is 12.5 Å². The number of carbonyl (C=O) groups excluding carboxylic acids is 2. The van der Waals surface area contributed by atoms with Crippen LogP contribution in [0.4, 0.5) is 4.79 Å². The third kappa shape index (κ3) is 7.15. The number of alkyl carbamates (subject to hydrolysis) is 1. The number of thiocarbonyl (C=S) groups is 1. The predicted molar refractivity (Wildman–Crippen MR) is 147 cm³/mol. The summed E-state index contributed by atoms with van der Waals surface area (Å²) in [7, 11) is 0. The van der Waals surface area contributed by atoms with Gasteiger partial charge in [0.05, 0.1) is 4.91 Å². The average Bonchev–Trinajstić information content (AvgIpc) is 3.04. The van der Waals surface area contributed by atoms with E-state index in [0.717, 1.165) is 45.6 Å². The van der Waals surface area contributed by atoms with Crippen molar-refractivity contribution < 1.29 is 14.3 Å². The van der Waals surface area contributed by atoms with Crippen molar-refractivity contribution in [3.63, 3.8) is 0 Å². The van der Waals surface area contributed by atoms with Gasteiger partial charge < -0.3 is 15.4 Å². The van der Waals surface area contributed by atoms with Gasteiger partial charge in [0.25, 0.3) is 5.91 Å². The summed E-state index contributed by atoms with van der Waals surface area (Å²) in [5.74, 6) is 0.153. The van der Waals surface area contributed by atoms with Gasteiger partial charge in [0, 0.05) is 29.1 Å². The van der Waals surface area contributed by atoms with Crippen LogP contribution in [0.25, 0.3) is 17.2 Å². The lowest BCUT2D eigenvalue weighted by Gasteiger charge is -2.23. The molecule has 1 aromatic carbocycles. The first-order chi connectivity index (χ1) is 16.3. The summed E-state index contributed by atoms with van der Waals surface area (Å²) in [6.07, 6.45) is 2.12. The summed E-state index contributed by atoms with van der Waals surface area (Å²) < 4.78 is 5.91. The van der Waals surface area contributed by atoms with E-state index in [9.17, 15) is 9.59 Å². The Kier molecular flexibility index (Phi) is 8.38. The van der Waals surface area contributed by atoms with Crippen LogP contribution >= 0.6 is 24.0 Å². The molecule has 1 aromatic heterocycles. The Morgan fingerprint density at radius 3 is 2.43 bits per heavy atom. The number of thioether (sulfide) groups is 1. The van der Waals surface area contributed by atoms with Crippen molar-refractivity contribution in [2.24, 2.45) is 5.92 Å². The van der Waals surface area contributed by atoms with Crippen molar-refractivity contribution in [2.75, 3.05) is 0 Å². The first kappa shape index (κ1) is 26.9. The van der Waals surface area contributed by atoms with Gasteiger partial charge >= 0.3 is 6.09 Å². The van der Waals surface area contributed by atoms with Gasteiger partial charge in [-0.2, -0.15) is 0 Å². The topological polar surface area (TPSA) is 80.3 Å². The molecule has 6 nitrogen and oxygen atoms in total. The molecule has 0 unspecified atom stereocenters. The molecular weight excluding hydrogens is 478 g/mol. The molecule has 1 fully saturated rings. The van der Waals surface area contributed by atoms with Crippen molar-refractivity contribution in [2.45, 2.75) is 67.0 Å². The smallest absolute Gasteiger partial charge is 0.407 e. The predicted octanol–water partition coefficient (Wildman–Crippen LogP) is 6.08. The summed E-state index contributed by atoms with van der Waals surface area (Å²) >= 11 is 6.43. The zero-order valence-electron chi connectivity index (χ0n) is 21.4. The summed E-state index contributed by atoms with van der Waals surface area (Å²) in [5.41, 5.74) is 5.97. The maximum absolute atomic E-state index is 12.5. The number of hydrogen-bond acceptors (Lipinski definition) is 6. The fourth-order valence-electron chi connectivity index (χ4n) is 3.82. The Balaban J connectivity index is 2.21. The molecule has 0 spiro atoms. The van der Waals surface area contributed by atoms with Crippen molar-refractivity contribution in [1.29, 1.82) is 0 Å². The number of nitrogens with zero attached hydrogens (tertiary/aromatic N) is 1. The zero-order valence-corrected chi connectivity index (χ0v) is 23.0. The highest BCUT2D eigenvalue weighted by molar-refractivity contribution is 8.26. The number of aromatic nitrogens is 1. The van der Waals surface area contributed by atoms with E-state index in [0.29, 0.717) is 15.1 Å². The van der Waals surface area contributed by atoms with Gasteiger partial charge in [-0.3, -0.25) is 9.78 Å². The van der Waals surface area contributed by atoms with Crippen molar-refractivity contribution >= 4 is 46.4 Å². The van der Waals surface area contributed by atoms with Crippen molar-refractivity contribution in [3.05, 3.63) is 57.2 Å². The first-order valence-corrected chi connectivity index (χ1v) is 12.9. The fourth-order valence-corrected chi connectivity index (χ4v) is 4.84. The molecule has 0 radical (unpaired) electrons. The monoisotopic (exact) mass is 511 g/mol. The molecular formula is C27H33N3O3S2. The largest absolute Gasteiger partial charge is 0.444 e. The lowest BCUT2D eigenvalue weighted by molar-refractivity contribution is -0.115. The Morgan fingerprint density at radius 1 is 1.23 bits per heavy atom. The van der Waals surface area contributed by atoms with Crippen LogP contribution in [0.1, 0.15) is 62.7 Å². The number of carbonyl (C=O) groups is 2. The van der Waals surface area contributed by atoms with E-state index < -0.39 is 11.7 Å². The minimum Gasteiger partial charge on any atom is -0.444 e. The summed E-state index contributed by atoms with van der Waals surface area (Å²) in [6.45, 7) is 14.0. The highest BCUT2D eigenvalue weighted by Crippen LogP contribution is 2.36. The van der Waals surface area contributed by atoms with E-state index >= 15 is 0 Å². The van der Waals surface area contributed by atoms with Gasteiger partial charge in [0.2, 0.25) is 0 Å². The number of aryl methyl sites for hydroxylation is 2. The fraction of sp³-hybridized carbons (Fsp3) is 0.407. The van der Waals surface area contributed by atoms with Crippen LogP contribution in [0.15, 0.2) is 29.2 Å². The van der Waals surface area contributed by atoms with Crippen LogP contribution in [0.3, 0.4) is 0 Å². The Morgan fingerprint density at radius 2 is 1.89 bits per heavy atom. The zero-order chi connectivity index (χ0) is 25.9. The molecule has 186 valence electrons. The Hall–Kier alpha value is -2.71. The van der Waals surface area contributed by atoms with Crippen LogP contribution in [0.5, 0.6) is 0 Å². The van der Waals surface area contributed by atoms with Gasteiger partial charge in [-0.05, 0) is 64.2 Å². The number of amides is 2. The Bertz CT molecular complexity index is 1180. The first-order valence-electron chi connectivity index (χ1n) is 11.6. The van der Waals surface area contributed by atoms with E-state index in [1.807, 2.05) is 40.7 Å². The number of nitrogens with one attached hydrogen (secondary N) is 2. The van der Waals surface area contributed by atoms with Gasteiger partial charge in [-0.15, -0.1) is 0 Å². The van der Waals surface area contributed by atoms with E-state index in [1.54, 1.807) is 0 Å². The lowest BCUT2D eigenvalue weighted by atomic mass is 9.89. The molecule has 0 bridgehead atoms. The SMILES string of the molecule is Cc1ccc(-c2c(C=C3SC(=S)NC3=O)c(C)nc(CC(C)C)c2CNC(=O)OC(C)(C)C)cc1. The standard InChI is InChI=1S/C27H33N3O3S2/c1-15(2)12-21-20(14-28-25(32)33-27(5,6)7)23(18-10-8-16(3)9-11-18)19(17(4)29-21)13-22-24(31)30-26(34)35-22/h8-11,13,15H,12,14H2,1-7H3,(H,28,32)(H,30,31,34). The molecule has 2 aromatic rings. The van der Waals surface area contributed by atoms with Crippen molar-refractivity contribution in [3.8, 4) is 11.1 Å². The van der Waals surface area contributed by atoms with E-state index in [1.165, 1.54) is 11.8 Å². The summed E-state index contributed by atoms with van der Waals surface area (Å²) in [5, 5.41) is 5.60. The molecule has 0 atom stereocenters. The highest BCUT2D eigenvalue weighted by atomic mass is 32.2. The van der Waals surface area contributed by atoms with Gasteiger partial charge in [0.1, 0.15) is 9.92 Å². The molecule has 0 aliphatic carbocycles. The maximum atomic E-state index is 12.5. The summed E-state index contributed by atoms with van der Waals surface area (Å²) in [6, 6.07) is 8.24. The number of pyridine rings is 1. The minimum atomic E-state index is -0.600. The number of hydrogen-bond donors (Lipinski definition) is 2. The van der Waals surface area contributed by atoms with Gasteiger partial charge in [-0.1, -0.05) is 67.7 Å². The second-order valence-electron chi connectivity index (χ2n) is 10.1. The number of rotatable bonds is 6. The van der Waals surface area contributed by atoms with Crippen LogP contribution in [-0.4, -0.2) is 26.9 Å². The molecule has 8 heteroatoms. The quantitative estimate of drug-likeness (QED) is 0.362. The van der Waals surface area contributed by atoms with Crippen molar-refractivity contribution in [1.82, 2.24) is 15.6 Å². The van der Waals surface area contributed by atoms with Crippen LogP contribution in [0.2, 0.25) is 0 Å². The van der Waals surface area contributed by atoms with Gasteiger partial charge in [0.15, 0.2) is 0 Å². The van der Waals surface area contributed by atoms with Crippen LogP contribution in [0, 0.1) is 19.8 Å². The van der Waals surface area contributed by atoms with Crippen LogP contribution < -0.4 is 10.6 Å². The second-order valence-corrected chi connectivity index (χ2v) is 11.8. The molecule has 1 saturated heterocycles. The maximum Gasteiger partial charge on any atom is 0.407 e. The number of benzene rings is 1. The van der Waals surface area contributed by atoms with Gasteiger partial charge in [-0.25, -0.2) is 4.79 Å². The normalized spacial score (nSPS) is 15.0.